The molecule has 2 N–H and O–H groups in total. The van der Waals surface area contributed by atoms with Gasteiger partial charge in [0, 0.05) is 32.1 Å². The molecule has 1 saturated heterocycles. The molecule has 0 amide bonds. The number of likely N-dealkylation sites (tertiary alicyclic amines) is 1. The van der Waals surface area contributed by atoms with Crippen LogP contribution in [0.2, 0.25) is 0 Å². The summed E-state index contributed by atoms with van der Waals surface area (Å²) in [7, 11) is 1.87. The Morgan fingerprint density at radius 3 is 2.38 bits per heavy atom. The third-order valence-corrected chi connectivity index (χ3v) is 5.93. The molecule has 2 rings (SSSR count). The van der Waals surface area contributed by atoms with Gasteiger partial charge < -0.3 is 15.5 Å². The molecule has 1 aromatic rings. The minimum Gasteiger partial charge on any atom is -0.356 e. The number of guanidine groups is 1. The van der Waals surface area contributed by atoms with Crippen molar-refractivity contribution in [2.45, 2.75) is 45.4 Å². The number of benzene rings is 1. The number of hydrogen-bond donors (Lipinski definition) is 2. The fourth-order valence-corrected chi connectivity index (χ4v) is 3.88. The molecule has 1 aromatic carbocycles. The molecule has 1 atom stereocenters. The first-order chi connectivity index (χ1) is 12.2. The fourth-order valence-electron chi connectivity index (χ4n) is 3.88. The molecule has 0 aliphatic carbocycles. The number of nitrogens with zero attached hydrogens (tertiary/aromatic N) is 2. The van der Waals surface area contributed by atoms with Crippen LogP contribution in [0.15, 0.2) is 35.3 Å². The van der Waals surface area contributed by atoms with Gasteiger partial charge >= 0.3 is 0 Å². The van der Waals surface area contributed by atoms with Gasteiger partial charge in [0.15, 0.2) is 5.96 Å². The minimum atomic E-state index is 0. The summed E-state index contributed by atoms with van der Waals surface area (Å²) in [5.74, 6) is 1.66. The maximum absolute atomic E-state index is 4.43. The summed E-state index contributed by atoms with van der Waals surface area (Å²) in [6, 6.07) is 10.9. The molecule has 0 aromatic heterocycles. The molecule has 1 fully saturated rings. The standard InChI is InChI=1S/C21H36N4.HI/c1-5-21(6-2,19-11-9-8-10-12-19)17-24-20(22-4)23-15-18-13-14-25(7-3)16-18;/h8-12,18H,5-7,13-17H2,1-4H3,(H2,22,23,24);1H. The summed E-state index contributed by atoms with van der Waals surface area (Å²) < 4.78 is 0. The van der Waals surface area contributed by atoms with Crippen molar-refractivity contribution in [2.24, 2.45) is 10.9 Å². The molecular weight excluding hydrogens is 435 g/mol. The molecule has 148 valence electrons. The number of halogens is 1. The Morgan fingerprint density at radius 2 is 1.85 bits per heavy atom. The van der Waals surface area contributed by atoms with Crippen molar-refractivity contribution in [3.05, 3.63) is 35.9 Å². The van der Waals surface area contributed by atoms with Crippen molar-refractivity contribution >= 4 is 29.9 Å². The van der Waals surface area contributed by atoms with Crippen LogP contribution in [0.1, 0.15) is 45.6 Å². The van der Waals surface area contributed by atoms with Crippen LogP contribution in [0.5, 0.6) is 0 Å². The SMILES string of the molecule is CCN1CCC(CNC(=NC)NCC(CC)(CC)c2ccccc2)C1.I. The second kappa shape index (κ2) is 11.8. The zero-order valence-corrected chi connectivity index (χ0v) is 19.3. The lowest BCUT2D eigenvalue weighted by Crippen LogP contribution is -2.46. The zero-order chi connectivity index (χ0) is 18.1. The van der Waals surface area contributed by atoms with Crippen molar-refractivity contribution in [1.29, 1.82) is 0 Å². The maximum Gasteiger partial charge on any atom is 0.191 e. The second-order valence-corrected chi connectivity index (χ2v) is 7.21. The van der Waals surface area contributed by atoms with Crippen LogP contribution in [0, 0.1) is 5.92 Å². The predicted octanol–water partition coefficient (Wildman–Crippen LogP) is 3.87. The topological polar surface area (TPSA) is 39.7 Å². The van der Waals surface area contributed by atoms with E-state index >= 15 is 0 Å². The quantitative estimate of drug-likeness (QED) is 0.343. The van der Waals surface area contributed by atoms with Gasteiger partial charge in [0.1, 0.15) is 0 Å². The third kappa shape index (κ3) is 6.12. The van der Waals surface area contributed by atoms with E-state index in [4.69, 9.17) is 0 Å². The van der Waals surface area contributed by atoms with Crippen molar-refractivity contribution < 1.29 is 0 Å². The van der Waals surface area contributed by atoms with Crippen LogP contribution < -0.4 is 10.6 Å². The number of hydrogen-bond acceptors (Lipinski definition) is 2. The first-order valence-electron chi connectivity index (χ1n) is 9.89. The van der Waals surface area contributed by atoms with E-state index in [9.17, 15) is 0 Å². The van der Waals surface area contributed by atoms with Crippen LogP contribution >= 0.6 is 24.0 Å². The van der Waals surface area contributed by atoms with Crippen LogP contribution in [-0.4, -0.2) is 50.6 Å². The summed E-state index contributed by atoms with van der Waals surface area (Å²) in [5.41, 5.74) is 1.57. The lowest BCUT2D eigenvalue weighted by Gasteiger charge is -2.33. The van der Waals surface area contributed by atoms with E-state index in [0.29, 0.717) is 0 Å². The van der Waals surface area contributed by atoms with Crippen LogP contribution in [0.4, 0.5) is 0 Å². The van der Waals surface area contributed by atoms with Crippen molar-refractivity contribution in [1.82, 2.24) is 15.5 Å². The Morgan fingerprint density at radius 1 is 1.15 bits per heavy atom. The van der Waals surface area contributed by atoms with E-state index in [-0.39, 0.29) is 29.4 Å². The van der Waals surface area contributed by atoms with Gasteiger partial charge in [-0.3, -0.25) is 4.99 Å². The zero-order valence-electron chi connectivity index (χ0n) is 16.9. The Labute approximate surface area is 177 Å². The van der Waals surface area contributed by atoms with E-state index in [0.717, 1.165) is 44.4 Å². The highest BCUT2D eigenvalue weighted by atomic mass is 127. The van der Waals surface area contributed by atoms with E-state index in [2.05, 4.69) is 71.6 Å². The molecule has 1 aliphatic heterocycles. The van der Waals surface area contributed by atoms with Crippen molar-refractivity contribution in [3.63, 3.8) is 0 Å². The molecule has 1 aliphatic rings. The highest BCUT2D eigenvalue weighted by molar-refractivity contribution is 14.0. The largest absolute Gasteiger partial charge is 0.356 e. The number of aliphatic imine (C=N–C) groups is 1. The fraction of sp³-hybridized carbons (Fsp3) is 0.667. The lowest BCUT2D eigenvalue weighted by atomic mass is 9.76. The molecule has 5 heteroatoms. The Balaban J connectivity index is 0.00000338. The highest BCUT2D eigenvalue weighted by Gasteiger charge is 2.28. The van der Waals surface area contributed by atoms with E-state index in [1.54, 1.807) is 0 Å². The van der Waals surface area contributed by atoms with E-state index in [1.807, 2.05) is 7.05 Å². The summed E-state index contributed by atoms with van der Waals surface area (Å²) >= 11 is 0. The van der Waals surface area contributed by atoms with Crippen LogP contribution in [0.3, 0.4) is 0 Å². The predicted molar refractivity (Wildman–Crippen MR) is 124 cm³/mol. The molecule has 1 unspecified atom stereocenters. The first-order valence-corrected chi connectivity index (χ1v) is 9.89. The molecule has 0 spiro atoms. The van der Waals surface area contributed by atoms with Crippen LogP contribution in [-0.2, 0) is 5.41 Å². The highest BCUT2D eigenvalue weighted by Crippen LogP contribution is 2.30. The van der Waals surface area contributed by atoms with Crippen molar-refractivity contribution in [2.75, 3.05) is 39.8 Å². The molecule has 4 nitrogen and oxygen atoms in total. The molecular formula is C21H37IN4. The van der Waals surface area contributed by atoms with Gasteiger partial charge in [0.05, 0.1) is 0 Å². The Bertz CT molecular complexity index is 528. The summed E-state index contributed by atoms with van der Waals surface area (Å²) in [4.78, 5) is 6.96. The average Bonchev–Trinajstić information content (AvgIpc) is 3.14. The molecule has 26 heavy (non-hydrogen) atoms. The van der Waals surface area contributed by atoms with E-state index < -0.39 is 0 Å². The second-order valence-electron chi connectivity index (χ2n) is 7.21. The Kier molecular flexibility index (Phi) is 10.5. The third-order valence-electron chi connectivity index (χ3n) is 5.93. The van der Waals surface area contributed by atoms with Gasteiger partial charge in [-0.05, 0) is 43.8 Å². The smallest absolute Gasteiger partial charge is 0.191 e. The number of rotatable bonds is 8. The van der Waals surface area contributed by atoms with Gasteiger partial charge in [0.25, 0.3) is 0 Å². The minimum absolute atomic E-state index is 0. The van der Waals surface area contributed by atoms with E-state index in [1.165, 1.54) is 25.1 Å². The molecule has 0 saturated carbocycles. The first kappa shape index (κ1) is 23.2. The maximum atomic E-state index is 4.43. The van der Waals surface area contributed by atoms with Gasteiger partial charge in [-0.25, -0.2) is 0 Å². The average molecular weight is 472 g/mol. The van der Waals surface area contributed by atoms with Gasteiger partial charge in [-0.1, -0.05) is 51.1 Å². The lowest BCUT2D eigenvalue weighted by molar-refractivity contribution is 0.341. The van der Waals surface area contributed by atoms with Gasteiger partial charge in [0.2, 0.25) is 0 Å². The van der Waals surface area contributed by atoms with Crippen molar-refractivity contribution in [3.8, 4) is 0 Å². The Hall–Kier alpha value is -0.820. The monoisotopic (exact) mass is 472 g/mol. The van der Waals surface area contributed by atoms with Gasteiger partial charge in [-0.2, -0.15) is 0 Å². The molecule has 1 heterocycles. The summed E-state index contributed by atoms with van der Waals surface area (Å²) in [5, 5.41) is 7.13. The summed E-state index contributed by atoms with van der Waals surface area (Å²) in [6.45, 7) is 12.3. The normalized spacial score (nSPS) is 18.5. The summed E-state index contributed by atoms with van der Waals surface area (Å²) in [6.07, 6.45) is 3.52. The molecule has 0 radical (unpaired) electrons. The van der Waals surface area contributed by atoms with Crippen LogP contribution in [0.25, 0.3) is 0 Å². The van der Waals surface area contributed by atoms with Gasteiger partial charge in [-0.15, -0.1) is 24.0 Å². The number of nitrogens with one attached hydrogen (secondary N) is 2. The molecule has 0 bridgehead atoms.